The molecule has 3 heteroatoms. The Labute approximate surface area is 95.2 Å². The Bertz CT molecular complexity index is 201. The molecule has 2 N–H and O–H groups in total. The Morgan fingerprint density at radius 1 is 1.33 bits per heavy atom. The first-order chi connectivity index (χ1) is 7.45. The van der Waals surface area contributed by atoms with Crippen LogP contribution in [0.4, 0.5) is 0 Å². The summed E-state index contributed by atoms with van der Waals surface area (Å²) in [5.41, 5.74) is 0. The summed E-state index contributed by atoms with van der Waals surface area (Å²) in [5.74, 6) is 0. The molecule has 3 nitrogen and oxygen atoms in total. The first-order valence-corrected chi connectivity index (χ1v) is 6.17. The quantitative estimate of drug-likeness (QED) is 0.544. The SMILES string of the molecule is C1=CN[C@H](COCNC2CCCCC2)C1.[HH].[HH]. The predicted octanol–water partition coefficient (Wildman–Crippen LogP) is 2.25. The summed E-state index contributed by atoms with van der Waals surface area (Å²) >= 11 is 0. The zero-order chi connectivity index (χ0) is 10.3. The molecule has 0 aromatic heterocycles. The van der Waals surface area contributed by atoms with E-state index >= 15 is 0 Å². The summed E-state index contributed by atoms with van der Waals surface area (Å²) in [6, 6.07) is 1.20. The third-order valence-corrected chi connectivity index (χ3v) is 3.27. The van der Waals surface area contributed by atoms with E-state index in [4.69, 9.17) is 4.74 Å². The third kappa shape index (κ3) is 3.84. The molecule has 1 heterocycles. The molecule has 0 spiro atoms. The number of rotatable bonds is 5. The van der Waals surface area contributed by atoms with Crippen LogP contribution in [0.2, 0.25) is 0 Å². The Kier molecular flexibility index (Phi) is 4.48. The van der Waals surface area contributed by atoms with Gasteiger partial charge in [0.2, 0.25) is 0 Å². The summed E-state index contributed by atoms with van der Waals surface area (Å²) < 4.78 is 5.61. The molecule has 0 radical (unpaired) electrons. The molecule has 15 heavy (non-hydrogen) atoms. The fourth-order valence-corrected chi connectivity index (χ4v) is 2.31. The lowest BCUT2D eigenvalue weighted by molar-refractivity contribution is 0.0896. The smallest absolute Gasteiger partial charge is 0.0968 e. The number of ether oxygens (including phenoxy) is 1. The summed E-state index contributed by atoms with van der Waals surface area (Å²) in [6.07, 6.45) is 12.1. The van der Waals surface area contributed by atoms with Crippen molar-refractivity contribution >= 4 is 0 Å². The van der Waals surface area contributed by atoms with Crippen molar-refractivity contribution < 1.29 is 7.59 Å². The summed E-state index contributed by atoms with van der Waals surface area (Å²) in [5, 5.41) is 6.74. The van der Waals surface area contributed by atoms with E-state index in [0.717, 1.165) is 13.0 Å². The number of hydrogen-bond acceptors (Lipinski definition) is 3. The van der Waals surface area contributed by atoms with Gasteiger partial charge in [0.15, 0.2) is 0 Å². The van der Waals surface area contributed by atoms with Crippen LogP contribution in [0.15, 0.2) is 12.3 Å². The van der Waals surface area contributed by atoms with Crippen molar-refractivity contribution in [2.75, 3.05) is 13.3 Å². The molecule has 0 amide bonds. The van der Waals surface area contributed by atoms with Crippen LogP contribution in [-0.2, 0) is 4.74 Å². The Hall–Kier alpha value is -0.540. The van der Waals surface area contributed by atoms with E-state index in [1.54, 1.807) is 0 Å². The van der Waals surface area contributed by atoms with E-state index in [1.165, 1.54) is 32.1 Å². The second-order valence-corrected chi connectivity index (χ2v) is 4.56. The summed E-state index contributed by atoms with van der Waals surface area (Å²) in [4.78, 5) is 0. The van der Waals surface area contributed by atoms with Crippen LogP contribution in [0.1, 0.15) is 41.4 Å². The van der Waals surface area contributed by atoms with Crippen molar-refractivity contribution in [3.05, 3.63) is 12.3 Å². The van der Waals surface area contributed by atoms with Crippen LogP contribution in [0.3, 0.4) is 0 Å². The topological polar surface area (TPSA) is 33.3 Å². The van der Waals surface area contributed by atoms with Crippen LogP contribution in [-0.4, -0.2) is 25.4 Å². The van der Waals surface area contributed by atoms with Crippen molar-refractivity contribution in [1.29, 1.82) is 0 Å². The van der Waals surface area contributed by atoms with Crippen molar-refractivity contribution in [1.82, 2.24) is 10.6 Å². The fraction of sp³-hybridized carbons (Fsp3) is 0.833. The normalized spacial score (nSPS) is 26.8. The van der Waals surface area contributed by atoms with Gasteiger partial charge in [-0.25, -0.2) is 0 Å². The summed E-state index contributed by atoms with van der Waals surface area (Å²) in [7, 11) is 0. The molecule has 0 bridgehead atoms. The standard InChI is InChI=1S/C12H22N2O.2H2/c1-2-5-11(6-3-1)14-10-15-9-12-7-4-8-13-12;;/h4,8,11-14H,1-3,5-7,9-10H2;2*1H/t12-;;/m0../s1. The first-order valence-electron chi connectivity index (χ1n) is 6.17. The average Bonchev–Trinajstić information content (AvgIpc) is 2.79. The molecule has 0 saturated heterocycles. The lowest BCUT2D eigenvalue weighted by Crippen LogP contribution is -2.35. The maximum atomic E-state index is 5.61. The van der Waals surface area contributed by atoms with Gasteiger partial charge in [0.25, 0.3) is 0 Å². The van der Waals surface area contributed by atoms with Crippen molar-refractivity contribution in [3.8, 4) is 0 Å². The third-order valence-electron chi connectivity index (χ3n) is 3.27. The van der Waals surface area contributed by atoms with E-state index in [2.05, 4.69) is 16.7 Å². The van der Waals surface area contributed by atoms with Crippen LogP contribution in [0.5, 0.6) is 0 Å². The van der Waals surface area contributed by atoms with Gasteiger partial charge in [0, 0.05) is 8.90 Å². The van der Waals surface area contributed by atoms with Gasteiger partial charge in [-0.3, -0.25) is 5.32 Å². The molecule has 2 rings (SSSR count). The van der Waals surface area contributed by atoms with Crippen LogP contribution >= 0.6 is 0 Å². The van der Waals surface area contributed by atoms with Crippen LogP contribution in [0.25, 0.3) is 0 Å². The zero-order valence-electron chi connectivity index (χ0n) is 9.37. The maximum absolute atomic E-state index is 5.61. The monoisotopic (exact) mass is 214 g/mol. The van der Waals surface area contributed by atoms with Crippen molar-refractivity contribution in [2.24, 2.45) is 0 Å². The second kappa shape index (κ2) is 6.13. The molecule has 1 aliphatic carbocycles. The van der Waals surface area contributed by atoms with Gasteiger partial charge < -0.3 is 10.1 Å². The van der Waals surface area contributed by atoms with E-state index < -0.39 is 0 Å². The Morgan fingerprint density at radius 2 is 2.20 bits per heavy atom. The minimum Gasteiger partial charge on any atom is -0.386 e. The average molecular weight is 214 g/mol. The lowest BCUT2D eigenvalue weighted by Gasteiger charge is -2.23. The molecule has 1 aliphatic heterocycles. The highest BCUT2D eigenvalue weighted by Crippen LogP contribution is 2.17. The molecule has 0 aromatic carbocycles. The van der Waals surface area contributed by atoms with E-state index in [0.29, 0.717) is 18.8 Å². The zero-order valence-corrected chi connectivity index (χ0v) is 9.37. The van der Waals surface area contributed by atoms with E-state index in [1.807, 2.05) is 6.20 Å². The largest absolute Gasteiger partial charge is 0.386 e. The highest BCUT2D eigenvalue weighted by atomic mass is 16.5. The van der Waals surface area contributed by atoms with Crippen molar-refractivity contribution in [3.63, 3.8) is 0 Å². The van der Waals surface area contributed by atoms with Gasteiger partial charge in [0.1, 0.15) is 0 Å². The molecular weight excluding hydrogens is 188 g/mol. The molecule has 1 saturated carbocycles. The minimum absolute atomic E-state index is 0. The molecule has 1 atom stereocenters. The summed E-state index contributed by atoms with van der Waals surface area (Å²) in [6.45, 7) is 1.52. The van der Waals surface area contributed by atoms with Gasteiger partial charge >= 0.3 is 0 Å². The Morgan fingerprint density at radius 3 is 2.93 bits per heavy atom. The number of hydrogen-bond donors (Lipinski definition) is 2. The van der Waals surface area contributed by atoms with Gasteiger partial charge in [-0.1, -0.05) is 25.3 Å². The van der Waals surface area contributed by atoms with Gasteiger partial charge in [0.05, 0.1) is 19.4 Å². The van der Waals surface area contributed by atoms with Gasteiger partial charge in [-0.15, -0.1) is 0 Å². The lowest BCUT2D eigenvalue weighted by atomic mass is 9.96. The van der Waals surface area contributed by atoms with Crippen molar-refractivity contribution in [2.45, 2.75) is 50.6 Å². The van der Waals surface area contributed by atoms with Gasteiger partial charge in [-0.05, 0) is 25.5 Å². The first kappa shape index (κ1) is 11.0. The van der Waals surface area contributed by atoms with E-state index in [9.17, 15) is 0 Å². The molecular formula is C12H26N2O. The molecule has 0 aromatic rings. The van der Waals surface area contributed by atoms with E-state index in [-0.39, 0.29) is 2.85 Å². The predicted molar refractivity (Wildman–Crippen MR) is 65.7 cm³/mol. The highest BCUT2D eigenvalue weighted by molar-refractivity contribution is 4.94. The highest BCUT2D eigenvalue weighted by Gasteiger charge is 2.13. The molecule has 90 valence electrons. The molecule has 0 unspecified atom stereocenters. The van der Waals surface area contributed by atoms with Crippen LogP contribution < -0.4 is 10.6 Å². The maximum Gasteiger partial charge on any atom is 0.0968 e. The number of nitrogens with one attached hydrogen (secondary N) is 2. The van der Waals surface area contributed by atoms with Gasteiger partial charge in [-0.2, -0.15) is 0 Å². The molecule has 1 fully saturated rings. The second-order valence-electron chi connectivity index (χ2n) is 4.56. The molecule has 2 aliphatic rings. The van der Waals surface area contributed by atoms with Crippen LogP contribution in [0, 0.1) is 0 Å². The fourth-order valence-electron chi connectivity index (χ4n) is 2.31. The Balaban J connectivity index is 0.00000128. The minimum atomic E-state index is 0.